The summed E-state index contributed by atoms with van der Waals surface area (Å²) in [6.45, 7) is 0.190. The Morgan fingerprint density at radius 1 is 1.00 bits per heavy atom. The van der Waals surface area contributed by atoms with Crippen molar-refractivity contribution in [2.45, 2.75) is 0 Å². The predicted molar refractivity (Wildman–Crippen MR) is 82.5 cm³/mol. The third kappa shape index (κ3) is 2.62. The van der Waals surface area contributed by atoms with E-state index in [-0.39, 0.29) is 18.5 Å². The van der Waals surface area contributed by atoms with Crippen LogP contribution in [0, 0.1) is 0 Å². The molecular weight excluding hydrogens is 296 g/mol. The topological polar surface area (TPSA) is 73.6 Å². The number of hydrogen-bond donors (Lipinski definition) is 1. The van der Waals surface area contributed by atoms with Gasteiger partial charge < -0.3 is 19.3 Å². The maximum Gasteiger partial charge on any atom is 0.294 e. The summed E-state index contributed by atoms with van der Waals surface area (Å²) in [5, 5.41) is 6.67. The second-order valence-electron chi connectivity index (χ2n) is 4.96. The van der Waals surface area contributed by atoms with Crippen LogP contribution in [0.2, 0.25) is 0 Å². The van der Waals surface area contributed by atoms with E-state index in [1.165, 1.54) is 0 Å². The zero-order valence-electron chi connectivity index (χ0n) is 12.0. The zero-order chi connectivity index (χ0) is 15.6. The van der Waals surface area contributed by atoms with Crippen LogP contribution in [-0.2, 0) is 0 Å². The summed E-state index contributed by atoms with van der Waals surface area (Å²) in [6, 6.07) is 16.3. The van der Waals surface area contributed by atoms with Gasteiger partial charge in [-0.25, -0.2) is 0 Å². The average molecular weight is 308 g/mol. The molecule has 0 unspecified atom stereocenters. The van der Waals surface area contributed by atoms with Crippen molar-refractivity contribution in [3.63, 3.8) is 0 Å². The molecule has 3 aromatic rings. The molecule has 2 aromatic carbocycles. The maximum absolute atomic E-state index is 12.2. The molecule has 6 heteroatoms. The van der Waals surface area contributed by atoms with Gasteiger partial charge in [0.1, 0.15) is 5.69 Å². The molecule has 0 spiro atoms. The monoisotopic (exact) mass is 308 g/mol. The van der Waals surface area contributed by atoms with Gasteiger partial charge in [-0.3, -0.25) is 4.79 Å². The van der Waals surface area contributed by atoms with Gasteiger partial charge in [-0.1, -0.05) is 35.5 Å². The first-order valence-electron chi connectivity index (χ1n) is 7.03. The van der Waals surface area contributed by atoms with Crippen LogP contribution in [0.4, 0.5) is 5.69 Å². The minimum absolute atomic E-state index is 0.140. The van der Waals surface area contributed by atoms with Crippen LogP contribution in [0.15, 0.2) is 59.1 Å². The van der Waals surface area contributed by atoms with Crippen molar-refractivity contribution in [1.82, 2.24) is 5.16 Å². The SMILES string of the molecule is O=C(Nc1ccc2c(c1)OCO2)c1cc(-c2ccccc2)no1. The number of anilines is 1. The van der Waals surface area contributed by atoms with E-state index in [9.17, 15) is 4.79 Å². The van der Waals surface area contributed by atoms with Crippen molar-refractivity contribution in [3.8, 4) is 22.8 Å². The lowest BCUT2D eigenvalue weighted by molar-refractivity contribution is 0.0988. The molecule has 1 N–H and O–H groups in total. The summed E-state index contributed by atoms with van der Waals surface area (Å²) in [5.41, 5.74) is 2.09. The number of hydrogen-bond acceptors (Lipinski definition) is 5. The quantitative estimate of drug-likeness (QED) is 0.803. The lowest BCUT2D eigenvalue weighted by atomic mass is 10.1. The first kappa shape index (κ1) is 13.4. The normalized spacial score (nSPS) is 12.2. The van der Waals surface area contributed by atoms with E-state index in [2.05, 4.69) is 10.5 Å². The molecule has 1 aromatic heterocycles. The fraction of sp³-hybridized carbons (Fsp3) is 0.0588. The Morgan fingerprint density at radius 3 is 2.70 bits per heavy atom. The molecular formula is C17H12N2O4. The van der Waals surface area contributed by atoms with Crippen molar-refractivity contribution in [3.05, 3.63) is 60.4 Å². The standard InChI is InChI=1S/C17H12N2O4/c20-17(18-12-6-7-14-15(8-12)22-10-21-14)16-9-13(19-23-16)11-4-2-1-3-5-11/h1-9H,10H2,(H,18,20). The van der Waals surface area contributed by atoms with Gasteiger partial charge in [0.2, 0.25) is 12.6 Å². The molecule has 0 aliphatic carbocycles. The number of nitrogens with one attached hydrogen (secondary N) is 1. The van der Waals surface area contributed by atoms with Gasteiger partial charge >= 0.3 is 0 Å². The number of carbonyl (C=O) groups is 1. The summed E-state index contributed by atoms with van der Waals surface area (Å²) in [7, 11) is 0. The highest BCUT2D eigenvalue weighted by molar-refractivity contribution is 6.02. The number of ether oxygens (including phenoxy) is 2. The predicted octanol–water partition coefficient (Wildman–Crippen LogP) is 3.32. The fourth-order valence-electron chi connectivity index (χ4n) is 2.29. The minimum atomic E-state index is -0.376. The van der Waals surface area contributed by atoms with Crippen LogP contribution in [0.25, 0.3) is 11.3 Å². The number of aromatic nitrogens is 1. The third-order valence-electron chi connectivity index (χ3n) is 3.43. The Hall–Kier alpha value is -3.28. The highest BCUT2D eigenvalue weighted by Crippen LogP contribution is 2.34. The van der Waals surface area contributed by atoms with Gasteiger partial charge in [-0.2, -0.15) is 0 Å². The number of fused-ring (bicyclic) bond motifs is 1. The fourth-order valence-corrected chi connectivity index (χ4v) is 2.29. The van der Waals surface area contributed by atoms with Crippen molar-refractivity contribution in [1.29, 1.82) is 0 Å². The highest BCUT2D eigenvalue weighted by Gasteiger charge is 2.17. The third-order valence-corrected chi connectivity index (χ3v) is 3.43. The molecule has 0 saturated carbocycles. The largest absolute Gasteiger partial charge is 0.454 e. The Bertz CT molecular complexity index is 858. The first-order valence-corrected chi connectivity index (χ1v) is 7.03. The van der Waals surface area contributed by atoms with E-state index in [0.717, 1.165) is 5.56 Å². The molecule has 1 amide bonds. The molecule has 114 valence electrons. The molecule has 1 aliphatic heterocycles. The Kier molecular flexibility index (Phi) is 3.20. The number of amides is 1. The van der Waals surface area contributed by atoms with E-state index >= 15 is 0 Å². The zero-order valence-corrected chi connectivity index (χ0v) is 12.0. The van der Waals surface area contributed by atoms with Crippen molar-refractivity contribution in [2.75, 3.05) is 12.1 Å². The molecule has 2 heterocycles. The van der Waals surface area contributed by atoms with Crippen molar-refractivity contribution >= 4 is 11.6 Å². The van der Waals surface area contributed by atoms with E-state index in [4.69, 9.17) is 14.0 Å². The molecule has 0 atom stereocenters. The van der Waals surface area contributed by atoms with Crippen molar-refractivity contribution in [2.24, 2.45) is 0 Å². The average Bonchev–Trinajstić information content (AvgIpc) is 3.24. The van der Waals surface area contributed by atoms with Gasteiger partial charge in [-0.05, 0) is 12.1 Å². The Morgan fingerprint density at radius 2 is 1.83 bits per heavy atom. The summed E-state index contributed by atoms with van der Waals surface area (Å²) in [6.07, 6.45) is 0. The second kappa shape index (κ2) is 5.49. The highest BCUT2D eigenvalue weighted by atomic mass is 16.7. The molecule has 0 radical (unpaired) electrons. The number of carbonyl (C=O) groups excluding carboxylic acids is 1. The van der Waals surface area contributed by atoms with Crippen LogP contribution in [0.5, 0.6) is 11.5 Å². The smallest absolute Gasteiger partial charge is 0.294 e. The first-order chi connectivity index (χ1) is 11.3. The van der Waals surface area contributed by atoms with Gasteiger partial charge in [0.25, 0.3) is 5.91 Å². The van der Waals surface area contributed by atoms with Gasteiger partial charge in [0.05, 0.1) is 0 Å². The van der Waals surface area contributed by atoms with Gasteiger partial charge in [-0.15, -0.1) is 0 Å². The van der Waals surface area contributed by atoms with Gasteiger partial charge in [0, 0.05) is 23.4 Å². The summed E-state index contributed by atoms with van der Waals surface area (Å²) < 4.78 is 15.6. The van der Waals surface area contributed by atoms with Crippen LogP contribution in [0.1, 0.15) is 10.6 Å². The minimum Gasteiger partial charge on any atom is -0.454 e. The maximum atomic E-state index is 12.2. The molecule has 6 nitrogen and oxygen atoms in total. The Balaban J connectivity index is 1.52. The van der Waals surface area contributed by atoms with Gasteiger partial charge in [0.15, 0.2) is 11.5 Å². The molecule has 4 rings (SSSR count). The van der Waals surface area contributed by atoms with E-state index in [0.29, 0.717) is 22.9 Å². The van der Waals surface area contributed by atoms with Crippen LogP contribution < -0.4 is 14.8 Å². The van der Waals surface area contributed by atoms with E-state index in [1.807, 2.05) is 30.3 Å². The van der Waals surface area contributed by atoms with E-state index < -0.39 is 0 Å². The Labute approximate surface area is 131 Å². The number of benzene rings is 2. The molecule has 1 aliphatic rings. The number of nitrogens with zero attached hydrogens (tertiary/aromatic N) is 1. The molecule has 0 saturated heterocycles. The molecule has 23 heavy (non-hydrogen) atoms. The lowest BCUT2D eigenvalue weighted by Gasteiger charge is -2.03. The van der Waals surface area contributed by atoms with Crippen LogP contribution >= 0.6 is 0 Å². The number of rotatable bonds is 3. The molecule has 0 bridgehead atoms. The lowest BCUT2D eigenvalue weighted by Crippen LogP contribution is -2.10. The second-order valence-corrected chi connectivity index (χ2v) is 4.96. The van der Waals surface area contributed by atoms with Crippen molar-refractivity contribution < 1.29 is 18.8 Å². The summed E-state index contributed by atoms with van der Waals surface area (Å²) in [4.78, 5) is 12.2. The molecule has 0 fully saturated rings. The van der Waals surface area contributed by atoms with Crippen LogP contribution in [0.3, 0.4) is 0 Å². The van der Waals surface area contributed by atoms with Crippen LogP contribution in [-0.4, -0.2) is 17.9 Å². The summed E-state index contributed by atoms with van der Waals surface area (Å²) in [5.74, 6) is 1.03. The summed E-state index contributed by atoms with van der Waals surface area (Å²) >= 11 is 0. The van der Waals surface area contributed by atoms with E-state index in [1.54, 1.807) is 24.3 Å².